The lowest BCUT2D eigenvalue weighted by Crippen LogP contribution is -2.31. The number of carbonyl (C=O) groups excluding carboxylic acids is 1. The number of ether oxygens (including phenoxy) is 1. The van der Waals surface area contributed by atoms with E-state index in [0.717, 1.165) is 31.6 Å². The number of aromatic nitrogens is 2. The van der Waals surface area contributed by atoms with Gasteiger partial charge in [-0.1, -0.05) is 29.3 Å². The zero-order valence-corrected chi connectivity index (χ0v) is 17.0. The minimum absolute atomic E-state index is 0.207. The van der Waals surface area contributed by atoms with E-state index in [2.05, 4.69) is 25.4 Å². The fourth-order valence-corrected chi connectivity index (χ4v) is 3.24. The maximum Gasteiger partial charge on any atom is 0.278 e. The summed E-state index contributed by atoms with van der Waals surface area (Å²) in [5.41, 5.74) is 3.83. The number of piperidine rings is 1. The van der Waals surface area contributed by atoms with E-state index >= 15 is 0 Å². The molecule has 1 aliphatic heterocycles. The summed E-state index contributed by atoms with van der Waals surface area (Å²) in [5, 5.41) is 4.86. The molecule has 1 aromatic carbocycles. The van der Waals surface area contributed by atoms with Crippen LogP contribution in [0.15, 0.2) is 29.4 Å². The van der Waals surface area contributed by atoms with Gasteiger partial charge in [0.05, 0.1) is 11.2 Å². The number of hydrogen-bond donors (Lipinski definition) is 1. The van der Waals surface area contributed by atoms with Crippen molar-refractivity contribution in [3.8, 4) is 5.88 Å². The predicted octanol–water partition coefficient (Wildman–Crippen LogP) is 3.61. The van der Waals surface area contributed by atoms with Crippen molar-refractivity contribution in [3.63, 3.8) is 0 Å². The van der Waals surface area contributed by atoms with E-state index in [-0.39, 0.29) is 6.61 Å². The Bertz CT molecular complexity index is 869. The zero-order chi connectivity index (χ0) is 19.9. The molecular formula is C19H21Cl2N5O2. The maximum atomic E-state index is 12.0. The Hall–Kier alpha value is -2.38. The van der Waals surface area contributed by atoms with Crippen LogP contribution in [-0.2, 0) is 4.79 Å². The Morgan fingerprint density at radius 3 is 2.79 bits per heavy atom. The Morgan fingerprint density at radius 1 is 1.25 bits per heavy atom. The summed E-state index contributed by atoms with van der Waals surface area (Å²) in [4.78, 5) is 23.0. The summed E-state index contributed by atoms with van der Waals surface area (Å²) >= 11 is 11.9. The Labute approximate surface area is 173 Å². The van der Waals surface area contributed by atoms with Gasteiger partial charge >= 0.3 is 0 Å². The van der Waals surface area contributed by atoms with Crippen molar-refractivity contribution in [2.75, 3.05) is 24.6 Å². The fourth-order valence-electron chi connectivity index (χ4n) is 2.79. The third kappa shape index (κ3) is 5.81. The molecule has 0 bridgehead atoms. The first-order valence-electron chi connectivity index (χ1n) is 9.01. The highest BCUT2D eigenvalue weighted by Crippen LogP contribution is 2.20. The van der Waals surface area contributed by atoms with E-state index < -0.39 is 5.91 Å². The molecule has 0 unspecified atom stereocenters. The standard InChI is InChI=1S/C19H21Cl2N5O2/c1-13-9-18(24-19(23-13)26-7-3-2-4-8-26)28-12-17(27)25-22-11-14-5-6-15(20)10-16(14)21/h5-6,9-11H,2-4,7-8,12H2,1H3,(H,25,27). The number of benzene rings is 1. The van der Waals surface area contributed by atoms with E-state index in [9.17, 15) is 4.79 Å². The first-order chi connectivity index (χ1) is 13.5. The highest BCUT2D eigenvalue weighted by molar-refractivity contribution is 6.36. The summed E-state index contributed by atoms with van der Waals surface area (Å²) < 4.78 is 5.52. The molecule has 2 aromatic rings. The van der Waals surface area contributed by atoms with Gasteiger partial charge in [0.25, 0.3) is 5.91 Å². The van der Waals surface area contributed by atoms with Crippen molar-refractivity contribution in [2.45, 2.75) is 26.2 Å². The minimum atomic E-state index is -0.405. The molecule has 7 nitrogen and oxygen atoms in total. The van der Waals surface area contributed by atoms with Crippen molar-refractivity contribution in [2.24, 2.45) is 5.10 Å². The van der Waals surface area contributed by atoms with Crippen LogP contribution >= 0.6 is 23.2 Å². The van der Waals surface area contributed by atoms with Crippen molar-refractivity contribution < 1.29 is 9.53 Å². The average molecular weight is 422 g/mol. The number of hydrogen-bond acceptors (Lipinski definition) is 6. The van der Waals surface area contributed by atoms with Crippen LogP contribution < -0.4 is 15.1 Å². The fraction of sp³-hybridized carbons (Fsp3) is 0.368. The topological polar surface area (TPSA) is 79.7 Å². The van der Waals surface area contributed by atoms with E-state index in [1.165, 1.54) is 12.6 Å². The van der Waals surface area contributed by atoms with Gasteiger partial charge in [-0.3, -0.25) is 4.79 Å². The summed E-state index contributed by atoms with van der Waals surface area (Å²) in [6, 6.07) is 6.71. The van der Waals surface area contributed by atoms with Crippen LogP contribution in [0.5, 0.6) is 5.88 Å². The second-order valence-corrected chi connectivity index (χ2v) is 7.29. The predicted molar refractivity (Wildman–Crippen MR) is 111 cm³/mol. The van der Waals surface area contributed by atoms with E-state index in [1.54, 1.807) is 24.3 Å². The molecular weight excluding hydrogens is 401 g/mol. The molecule has 148 valence electrons. The highest BCUT2D eigenvalue weighted by Gasteiger charge is 2.15. The van der Waals surface area contributed by atoms with Crippen molar-refractivity contribution in [1.29, 1.82) is 0 Å². The van der Waals surface area contributed by atoms with Crippen LogP contribution in [0.1, 0.15) is 30.5 Å². The Morgan fingerprint density at radius 2 is 2.04 bits per heavy atom. The highest BCUT2D eigenvalue weighted by atomic mass is 35.5. The number of halogens is 2. The third-order valence-corrected chi connectivity index (χ3v) is 4.73. The lowest BCUT2D eigenvalue weighted by atomic mass is 10.1. The zero-order valence-electron chi connectivity index (χ0n) is 15.5. The Balaban J connectivity index is 1.54. The number of nitrogens with one attached hydrogen (secondary N) is 1. The summed E-state index contributed by atoms with van der Waals surface area (Å²) in [5.74, 6) is 0.607. The number of rotatable bonds is 6. The molecule has 28 heavy (non-hydrogen) atoms. The van der Waals surface area contributed by atoms with Crippen molar-refractivity contribution in [1.82, 2.24) is 15.4 Å². The lowest BCUT2D eigenvalue weighted by Gasteiger charge is -2.26. The average Bonchev–Trinajstić information content (AvgIpc) is 2.68. The second kappa shape index (κ2) is 9.71. The first kappa shape index (κ1) is 20.4. The smallest absolute Gasteiger partial charge is 0.278 e. The third-order valence-electron chi connectivity index (χ3n) is 4.16. The molecule has 1 N–H and O–H groups in total. The summed E-state index contributed by atoms with van der Waals surface area (Å²) in [6.07, 6.45) is 4.94. The van der Waals surface area contributed by atoms with E-state index in [1.807, 2.05) is 6.92 Å². The van der Waals surface area contributed by atoms with Gasteiger partial charge in [-0.05, 0) is 38.3 Å². The largest absolute Gasteiger partial charge is 0.467 e. The van der Waals surface area contributed by atoms with Crippen molar-refractivity contribution >= 4 is 41.3 Å². The summed E-state index contributed by atoms with van der Waals surface area (Å²) in [6.45, 7) is 3.54. The van der Waals surface area contributed by atoms with Crippen LogP contribution in [0, 0.1) is 6.92 Å². The number of carbonyl (C=O) groups is 1. The normalized spacial score (nSPS) is 14.3. The number of aryl methyl sites for hydroxylation is 1. The molecule has 1 amide bonds. The van der Waals surface area contributed by atoms with Crippen molar-refractivity contribution in [3.05, 3.63) is 45.6 Å². The van der Waals surface area contributed by atoms with E-state index in [4.69, 9.17) is 27.9 Å². The second-order valence-electron chi connectivity index (χ2n) is 6.44. The van der Waals surface area contributed by atoms with Crippen LogP contribution in [0.3, 0.4) is 0 Å². The number of hydrazone groups is 1. The number of nitrogens with zero attached hydrogens (tertiary/aromatic N) is 4. The maximum absolute atomic E-state index is 12.0. The van der Waals surface area contributed by atoms with Gasteiger partial charge < -0.3 is 9.64 Å². The lowest BCUT2D eigenvalue weighted by molar-refractivity contribution is -0.123. The van der Waals surface area contributed by atoms with Gasteiger partial charge in [0, 0.05) is 35.4 Å². The molecule has 1 fully saturated rings. The molecule has 1 aliphatic rings. The van der Waals surface area contributed by atoms with Gasteiger partial charge in [0.2, 0.25) is 11.8 Å². The molecule has 0 spiro atoms. The van der Waals surface area contributed by atoms with Crippen LogP contribution in [-0.4, -0.2) is 41.8 Å². The first-order valence-corrected chi connectivity index (χ1v) is 9.77. The van der Waals surface area contributed by atoms with Gasteiger partial charge in [-0.2, -0.15) is 10.1 Å². The quantitative estimate of drug-likeness (QED) is 0.568. The molecule has 0 saturated carbocycles. The summed E-state index contributed by atoms with van der Waals surface area (Å²) in [7, 11) is 0. The number of anilines is 1. The molecule has 0 aliphatic carbocycles. The number of amides is 1. The van der Waals surface area contributed by atoms with Gasteiger partial charge in [0.15, 0.2) is 6.61 Å². The van der Waals surface area contributed by atoms with Crippen LogP contribution in [0.2, 0.25) is 10.0 Å². The minimum Gasteiger partial charge on any atom is -0.467 e. The SMILES string of the molecule is Cc1cc(OCC(=O)NN=Cc2ccc(Cl)cc2Cl)nc(N2CCCCC2)n1. The molecule has 3 rings (SSSR count). The van der Waals surface area contributed by atoms with Crippen LogP contribution in [0.25, 0.3) is 0 Å². The van der Waals surface area contributed by atoms with Crippen LogP contribution in [0.4, 0.5) is 5.95 Å². The van der Waals surface area contributed by atoms with Gasteiger partial charge in [0.1, 0.15) is 0 Å². The molecule has 0 radical (unpaired) electrons. The van der Waals surface area contributed by atoms with Gasteiger partial charge in [-0.15, -0.1) is 0 Å². The molecule has 1 saturated heterocycles. The monoisotopic (exact) mass is 421 g/mol. The van der Waals surface area contributed by atoms with Gasteiger partial charge in [-0.25, -0.2) is 10.4 Å². The molecule has 0 atom stereocenters. The van der Waals surface area contributed by atoms with E-state index in [0.29, 0.717) is 27.4 Å². The molecule has 1 aromatic heterocycles. The molecule has 9 heteroatoms. The molecule has 2 heterocycles. The Kier molecular flexibility index (Phi) is 7.06.